The minimum absolute atomic E-state index is 0.0253. The topological polar surface area (TPSA) is 92.8 Å². The maximum Gasteiger partial charge on any atom is 0.320 e. The summed E-state index contributed by atoms with van der Waals surface area (Å²) in [6.07, 6.45) is -0.927. The number of methoxy groups -OCH3 is 1. The van der Waals surface area contributed by atoms with Gasteiger partial charge in [0.2, 0.25) is 0 Å². The van der Waals surface area contributed by atoms with E-state index in [4.69, 9.17) is 15.6 Å². The summed E-state index contributed by atoms with van der Waals surface area (Å²) in [4.78, 5) is 10.5. The predicted molar refractivity (Wildman–Crippen MR) is 58.2 cm³/mol. The van der Waals surface area contributed by atoms with Crippen molar-refractivity contribution in [3.05, 3.63) is 29.8 Å². The van der Waals surface area contributed by atoms with Crippen molar-refractivity contribution in [3.63, 3.8) is 0 Å². The number of carbonyl (C=O) groups is 1. The molecule has 0 amide bonds. The minimum atomic E-state index is -1.12. The number of nitrogens with two attached hydrogens (primary N) is 1. The molecule has 1 aromatic carbocycles. The van der Waals surface area contributed by atoms with Crippen molar-refractivity contribution in [2.45, 2.75) is 18.6 Å². The fourth-order valence-electron chi connectivity index (χ4n) is 1.33. The first-order valence-corrected chi connectivity index (χ1v) is 4.85. The van der Waals surface area contributed by atoms with E-state index in [2.05, 4.69) is 0 Å². The zero-order valence-corrected chi connectivity index (χ0v) is 8.96. The Morgan fingerprint density at radius 3 is 2.81 bits per heavy atom. The summed E-state index contributed by atoms with van der Waals surface area (Å²) in [7, 11) is 1.52. The average molecular weight is 225 g/mol. The lowest BCUT2D eigenvalue weighted by atomic mass is 10.0. The molecule has 0 aliphatic rings. The third-order valence-electron chi connectivity index (χ3n) is 2.27. The van der Waals surface area contributed by atoms with E-state index in [1.807, 2.05) is 0 Å². The number of ether oxygens (including phenoxy) is 1. The molecule has 0 saturated heterocycles. The Morgan fingerprint density at radius 1 is 1.56 bits per heavy atom. The van der Waals surface area contributed by atoms with Crippen LogP contribution in [0.3, 0.4) is 0 Å². The highest BCUT2D eigenvalue weighted by Gasteiger charge is 2.18. The third kappa shape index (κ3) is 3.22. The van der Waals surface area contributed by atoms with Gasteiger partial charge in [0.1, 0.15) is 11.8 Å². The largest absolute Gasteiger partial charge is 0.497 e. The van der Waals surface area contributed by atoms with Crippen LogP contribution in [0.1, 0.15) is 18.1 Å². The summed E-state index contributed by atoms with van der Waals surface area (Å²) >= 11 is 0. The van der Waals surface area contributed by atoms with E-state index >= 15 is 0 Å². The van der Waals surface area contributed by atoms with Crippen LogP contribution in [0, 0.1) is 0 Å². The molecule has 5 heteroatoms. The number of benzene rings is 1. The average Bonchev–Trinajstić information content (AvgIpc) is 2.28. The van der Waals surface area contributed by atoms with Crippen LogP contribution in [0.5, 0.6) is 5.75 Å². The fourth-order valence-corrected chi connectivity index (χ4v) is 1.33. The molecule has 0 bridgehead atoms. The van der Waals surface area contributed by atoms with Crippen LogP contribution in [0.2, 0.25) is 0 Å². The SMILES string of the molecule is COc1cccc([C@H](O)C[C@H](N)C(=O)O)c1. The van der Waals surface area contributed by atoms with Gasteiger partial charge in [-0.1, -0.05) is 12.1 Å². The first-order chi connectivity index (χ1) is 7.54. The molecule has 1 aromatic rings. The van der Waals surface area contributed by atoms with Gasteiger partial charge in [0.25, 0.3) is 0 Å². The Bertz CT molecular complexity index is 367. The summed E-state index contributed by atoms with van der Waals surface area (Å²) in [6.45, 7) is 0. The number of carboxylic acid groups (broad SMARTS) is 1. The number of aliphatic hydroxyl groups is 1. The van der Waals surface area contributed by atoms with Crippen LogP contribution < -0.4 is 10.5 Å². The van der Waals surface area contributed by atoms with Crippen LogP contribution in [0.15, 0.2) is 24.3 Å². The van der Waals surface area contributed by atoms with Crippen LogP contribution in [-0.4, -0.2) is 29.3 Å². The number of aliphatic carboxylic acids is 1. The van der Waals surface area contributed by atoms with Crippen molar-refractivity contribution in [3.8, 4) is 5.75 Å². The maximum atomic E-state index is 10.5. The normalized spacial score (nSPS) is 14.2. The van der Waals surface area contributed by atoms with E-state index in [0.717, 1.165) is 0 Å². The van der Waals surface area contributed by atoms with E-state index in [-0.39, 0.29) is 6.42 Å². The van der Waals surface area contributed by atoms with Crippen LogP contribution in [0.4, 0.5) is 0 Å². The first kappa shape index (κ1) is 12.5. The zero-order chi connectivity index (χ0) is 12.1. The Balaban J connectivity index is 2.72. The van der Waals surface area contributed by atoms with Gasteiger partial charge >= 0.3 is 5.97 Å². The van der Waals surface area contributed by atoms with Gasteiger partial charge < -0.3 is 20.7 Å². The zero-order valence-electron chi connectivity index (χ0n) is 8.96. The van der Waals surface area contributed by atoms with Crippen molar-refractivity contribution in [2.24, 2.45) is 5.73 Å². The third-order valence-corrected chi connectivity index (χ3v) is 2.27. The van der Waals surface area contributed by atoms with Gasteiger partial charge in [-0.25, -0.2) is 0 Å². The lowest BCUT2D eigenvalue weighted by Crippen LogP contribution is -2.31. The van der Waals surface area contributed by atoms with Gasteiger partial charge in [-0.2, -0.15) is 0 Å². The molecular formula is C11H15NO4. The molecule has 1 rings (SSSR count). The van der Waals surface area contributed by atoms with E-state index in [0.29, 0.717) is 11.3 Å². The van der Waals surface area contributed by atoms with Gasteiger partial charge in [-0.15, -0.1) is 0 Å². The quantitative estimate of drug-likeness (QED) is 0.679. The molecule has 5 nitrogen and oxygen atoms in total. The fraction of sp³-hybridized carbons (Fsp3) is 0.364. The van der Waals surface area contributed by atoms with Crippen molar-refractivity contribution in [2.75, 3.05) is 7.11 Å². The Labute approximate surface area is 93.5 Å². The molecule has 0 unspecified atom stereocenters. The highest BCUT2D eigenvalue weighted by atomic mass is 16.5. The highest BCUT2D eigenvalue weighted by molar-refractivity contribution is 5.73. The Kier molecular flexibility index (Phi) is 4.28. The van der Waals surface area contributed by atoms with Crippen molar-refractivity contribution in [1.29, 1.82) is 0 Å². The molecule has 0 saturated carbocycles. The van der Waals surface area contributed by atoms with Crippen molar-refractivity contribution in [1.82, 2.24) is 0 Å². The molecule has 0 heterocycles. The number of hydrogen-bond donors (Lipinski definition) is 3. The van der Waals surface area contributed by atoms with E-state index in [9.17, 15) is 9.90 Å². The molecule has 0 aliphatic heterocycles. The number of hydrogen-bond acceptors (Lipinski definition) is 4. The highest BCUT2D eigenvalue weighted by Crippen LogP contribution is 2.22. The summed E-state index contributed by atoms with van der Waals surface area (Å²) in [6, 6.07) is 5.75. The molecule has 0 aromatic heterocycles. The van der Waals surface area contributed by atoms with Crippen LogP contribution >= 0.6 is 0 Å². The van der Waals surface area contributed by atoms with Crippen LogP contribution in [-0.2, 0) is 4.79 Å². The van der Waals surface area contributed by atoms with Gasteiger partial charge in [0.15, 0.2) is 0 Å². The molecule has 16 heavy (non-hydrogen) atoms. The Morgan fingerprint density at radius 2 is 2.25 bits per heavy atom. The van der Waals surface area contributed by atoms with E-state index in [1.165, 1.54) is 7.11 Å². The van der Waals surface area contributed by atoms with E-state index < -0.39 is 18.1 Å². The summed E-state index contributed by atoms with van der Waals surface area (Å²) < 4.78 is 5.00. The lowest BCUT2D eigenvalue weighted by molar-refractivity contribution is -0.139. The molecule has 0 aliphatic carbocycles. The molecule has 2 atom stereocenters. The van der Waals surface area contributed by atoms with E-state index in [1.54, 1.807) is 24.3 Å². The Hall–Kier alpha value is -1.59. The molecule has 88 valence electrons. The number of rotatable bonds is 5. The monoisotopic (exact) mass is 225 g/mol. The summed E-state index contributed by atoms with van der Waals surface area (Å²) in [5, 5.41) is 18.4. The lowest BCUT2D eigenvalue weighted by Gasteiger charge is -2.14. The maximum absolute atomic E-state index is 10.5. The second kappa shape index (κ2) is 5.48. The van der Waals surface area contributed by atoms with Gasteiger partial charge in [-0.05, 0) is 17.7 Å². The van der Waals surface area contributed by atoms with Gasteiger partial charge in [-0.3, -0.25) is 4.79 Å². The minimum Gasteiger partial charge on any atom is -0.497 e. The van der Waals surface area contributed by atoms with Crippen LogP contribution in [0.25, 0.3) is 0 Å². The van der Waals surface area contributed by atoms with Crippen molar-refractivity contribution < 1.29 is 19.7 Å². The van der Waals surface area contributed by atoms with Crippen molar-refractivity contribution >= 4 is 5.97 Å². The van der Waals surface area contributed by atoms with Gasteiger partial charge in [0, 0.05) is 6.42 Å². The number of carboxylic acids is 1. The van der Waals surface area contributed by atoms with Gasteiger partial charge in [0.05, 0.1) is 13.2 Å². The summed E-state index contributed by atoms with van der Waals surface area (Å²) in [5.74, 6) is -0.512. The number of aliphatic hydroxyl groups excluding tert-OH is 1. The summed E-state index contributed by atoms with van der Waals surface area (Å²) in [5.41, 5.74) is 5.93. The molecule has 0 radical (unpaired) electrons. The molecule has 0 fully saturated rings. The smallest absolute Gasteiger partial charge is 0.320 e. The molecule has 0 spiro atoms. The predicted octanol–water partition coefficient (Wildman–Crippen LogP) is 0.531. The standard InChI is InChI=1S/C11H15NO4/c1-16-8-4-2-3-7(5-8)10(13)6-9(12)11(14)15/h2-5,9-10,13H,6,12H2,1H3,(H,14,15)/t9-,10+/m0/s1. The molecular weight excluding hydrogens is 210 g/mol. The second-order valence-electron chi connectivity index (χ2n) is 3.47. The second-order valence-corrected chi connectivity index (χ2v) is 3.47. The molecule has 4 N–H and O–H groups in total. The first-order valence-electron chi connectivity index (χ1n) is 4.85.